The van der Waals surface area contributed by atoms with E-state index < -0.39 is 42.7 Å². The summed E-state index contributed by atoms with van der Waals surface area (Å²) in [6.07, 6.45) is 1.82. The molecule has 10 rings (SSSR count). The average Bonchev–Trinajstić information content (AvgIpc) is 3.89. The Morgan fingerprint density at radius 1 is 0.528 bits per heavy atom. The number of para-hydroxylation sites is 3. The molecule has 0 spiro atoms. The molecule has 0 N–H and O–H groups in total. The van der Waals surface area contributed by atoms with Gasteiger partial charge in [0.15, 0.2) is 0 Å². The second-order valence-electron chi connectivity index (χ2n) is 23.3. The largest absolute Gasteiger partial charge is 0.493 e. The molecular weight excluding hydrogens is 1080 g/mol. The fraction of sp³-hybridized carbons (Fsp3) is 0.333. The molecule has 0 amide bonds. The third-order valence-corrected chi connectivity index (χ3v) is 12.9. The van der Waals surface area contributed by atoms with Gasteiger partial charge in [-0.3, -0.25) is 0 Å². The van der Waals surface area contributed by atoms with Crippen molar-refractivity contribution >= 4 is 98.2 Å². The molecule has 5 heterocycles. The first-order valence-corrected chi connectivity index (χ1v) is 24.7. The quantitative estimate of drug-likeness (QED) is 0.103. The zero-order valence-corrected chi connectivity index (χ0v) is 45.7. The first-order chi connectivity index (χ1) is 33.7. The maximum atomic E-state index is 6.75. The van der Waals surface area contributed by atoms with Gasteiger partial charge in [0.05, 0.1) is 0 Å². The van der Waals surface area contributed by atoms with Crippen molar-refractivity contribution in [3.63, 3.8) is 0 Å². The van der Waals surface area contributed by atoms with E-state index in [-0.39, 0.29) is 42.3 Å². The molecule has 0 aliphatic carbocycles. The predicted molar refractivity (Wildman–Crippen MR) is 292 cm³/mol. The number of rotatable bonds is 9. The number of hydrogen-bond donors (Lipinski definition) is 0. The van der Waals surface area contributed by atoms with Gasteiger partial charge in [0, 0.05) is 63.1 Å². The van der Waals surface area contributed by atoms with Gasteiger partial charge in [-0.1, -0.05) is 131 Å². The monoisotopic (exact) mass is 1140 g/mol. The molecule has 3 aliphatic rings. The van der Waals surface area contributed by atoms with Gasteiger partial charge in [0.1, 0.15) is 5.82 Å². The summed E-state index contributed by atoms with van der Waals surface area (Å²) in [6.45, 7) is 28.3. The number of aromatic nitrogens is 2. The van der Waals surface area contributed by atoms with Crippen molar-refractivity contribution in [3.05, 3.63) is 151 Å². The van der Waals surface area contributed by atoms with E-state index in [1.807, 2.05) is 24.4 Å². The molecule has 0 unspecified atom stereocenters. The third-order valence-electron chi connectivity index (χ3n) is 12.9. The van der Waals surface area contributed by atoms with Crippen LogP contribution in [0.4, 0.5) is 22.7 Å². The predicted octanol–water partition coefficient (Wildman–Crippen LogP) is 11.6. The minimum absolute atomic E-state index is 0. The number of anilines is 4. The molecule has 3 aliphatic heterocycles. The van der Waals surface area contributed by atoms with Crippen molar-refractivity contribution in [2.45, 2.75) is 118 Å². The number of benzene rings is 5. The standard InChI is InChI=1S/C54H61B6N4O7.Pt/c1-51(2,3)57-66-55(67-58(70-57)52(4,5)6)40-32-41(56-68-59(53(7,8)9)71-60(69-56)54(10,11)12)34-43(33-40)63-37-62(47-24-15-16-25-48(47)63)42-21-19-20-38(30-42)35-65-36-39-27-28-45-44-22-13-14-23-46(44)64(49(45)31-39)50-26-17-18-29-61-50;/h13-29,32-34,37H,35-36H2,1-12H3;/q-3;. The second-order valence-corrected chi connectivity index (χ2v) is 23.3. The van der Waals surface area contributed by atoms with Crippen LogP contribution < -0.4 is 20.7 Å². The van der Waals surface area contributed by atoms with E-state index in [0.717, 1.165) is 72.4 Å². The fourth-order valence-corrected chi connectivity index (χ4v) is 9.13. The van der Waals surface area contributed by atoms with Gasteiger partial charge >= 0.3 is 42.7 Å². The summed E-state index contributed by atoms with van der Waals surface area (Å²) in [5.74, 6) is 0.850. The second kappa shape index (κ2) is 20.3. The maximum absolute atomic E-state index is 6.75. The smallest absolute Gasteiger partial charge is 0.466 e. The Balaban J connectivity index is 0.00000640. The van der Waals surface area contributed by atoms with Crippen molar-refractivity contribution in [2.75, 3.05) is 9.80 Å². The summed E-state index contributed by atoms with van der Waals surface area (Å²) in [4.78, 5) is 9.05. The summed E-state index contributed by atoms with van der Waals surface area (Å²) in [7, 11) is -3.63. The van der Waals surface area contributed by atoms with Crippen LogP contribution in [0.3, 0.4) is 0 Å². The van der Waals surface area contributed by atoms with Gasteiger partial charge in [0.2, 0.25) is 0 Å². The third kappa shape index (κ3) is 10.8. The van der Waals surface area contributed by atoms with Crippen LogP contribution in [-0.2, 0) is 66.4 Å². The molecule has 11 nitrogen and oxygen atoms in total. The Labute approximate surface area is 443 Å². The van der Waals surface area contributed by atoms with Gasteiger partial charge < -0.3 is 46.5 Å². The number of fused-ring (bicyclic) bond motifs is 4. The van der Waals surface area contributed by atoms with Crippen molar-refractivity contribution in [1.29, 1.82) is 0 Å². The van der Waals surface area contributed by atoms with Gasteiger partial charge in [0.25, 0.3) is 0 Å². The topological polar surface area (TPSA) is 88.9 Å². The molecule has 0 atom stereocenters. The minimum Gasteiger partial charge on any atom is -0.493 e. The molecule has 2 saturated heterocycles. The van der Waals surface area contributed by atoms with Crippen LogP contribution in [0.2, 0.25) is 21.3 Å². The van der Waals surface area contributed by atoms with Crippen molar-refractivity contribution in [2.24, 2.45) is 0 Å². The zero-order valence-electron chi connectivity index (χ0n) is 43.5. The first kappa shape index (κ1) is 52.3. The summed E-state index contributed by atoms with van der Waals surface area (Å²) in [6, 6.07) is 46.9. The van der Waals surface area contributed by atoms with Crippen molar-refractivity contribution in [1.82, 2.24) is 9.55 Å². The van der Waals surface area contributed by atoms with Gasteiger partial charge in [-0.25, -0.2) is 4.98 Å². The number of pyridine rings is 1. The van der Waals surface area contributed by atoms with Gasteiger partial charge in [-0.05, 0) is 80.0 Å². The normalized spacial score (nSPS) is 16.1. The number of hydrogen-bond acceptors (Lipinski definition) is 10. The fourth-order valence-electron chi connectivity index (χ4n) is 9.13. The molecule has 72 heavy (non-hydrogen) atoms. The zero-order chi connectivity index (χ0) is 50.0. The van der Waals surface area contributed by atoms with Crippen LogP contribution in [-0.4, -0.2) is 52.3 Å². The molecule has 0 radical (unpaired) electrons. The molecule has 2 fully saturated rings. The van der Waals surface area contributed by atoms with Crippen LogP contribution in [0.1, 0.15) is 94.2 Å². The summed E-state index contributed by atoms with van der Waals surface area (Å²) in [5, 5.41) is 0.975. The molecular formula is C54H61B6N4O7Pt-3. The molecule has 0 saturated carbocycles. The summed E-state index contributed by atoms with van der Waals surface area (Å²) in [5.41, 5.74) is 9.29. The van der Waals surface area contributed by atoms with E-state index in [9.17, 15) is 0 Å². The number of ether oxygens (including phenoxy) is 1. The Hall–Kier alpha value is -4.55. The van der Waals surface area contributed by atoms with E-state index in [0.29, 0.717) is 13.2 Å². The van der Waals surface area contributed by atoms with Crippen LogP contribution in [0, 0.1) is 18.8 Å². The average molecular weight is 1140 g/mol. The maximum Gasteiger partial charge on any atom is 0.466 e. The molecule has 18 heteroatoms. The molecule has 370 valence electrons. The van der Waals surface area contributed by atoms with E-state index in [1.165, 1.54) is 0 Å². The van der Waals surface area contributed by atoms with E-state index in [4.69, 9.17) is 32.2 Å². The van der Waals surface area contributed by atoms with Crippen LogP contribution in [0.5, 0.6) is 0 Å². The Kier molecular flexibility index (Phi) is 14.7. The Bertz CT molecular complexity index is 2940. The Morgan fingerprint density at radius 2 is 1.06 bits per heavy atom. The first-order valence-electron chi connectivity index (χ1n) is 24.7. The van der Waals surface area contributed by atoms with E-state index in [2.05, 4.69) is 218 Å². The SMILES string of the molecule is CC(C)(C)B1OB(c2cc(B3OB(C(C)(C)C)OB(C(C)(C)C)O3)cc(N3[CH-]N(c4[c-]c(COCc5[c-]c6c(cc5)c5ccccc5n6-c5ccccn5)ccc4)c4ccccc43)c2)OB(C(C)(C)C)O1.[Pt]. The van der Waals surface area contributed by atoms with Gasteiger partial charge in [-0.2, -0.15) is 42.5 Å². The molecule has 5 aromatic carbocycles. The van der Waals surface area contributed by atoms with E-state index in [1.54, 1.807) is 0 Å². The molecule has 2 aromatic heterocycles. The van der Waals surface area contributed by atoms with Gasteiger partial charge in [-0.15, -0.1) is 28.9 Å². The van der Waals surface area contributed by atoms with Crippen molar-refractivity contribution < 1.29 is 53.2 Å². The van der Waals surface area contributed by atoms with E-state index >= 15 is 0 Å². The van der Waals surface area contributed by atoms with Crippen LogP contribution >= 0.6 is 0 Å². The number of nitrogens with zero attached hydrogens (tertiary/aromatic N) is 4. The summed E-state index contributed by atoms with van der Waals surface area (Å²) < 4.78 is 48.6. The van der Waals surface area contributed by atoms with Crippen LogP contribution in [0.15, 0.2) is 121 Å². The molecule has 7 aromatic rings. The summed E-state index contributed by atoms with van der Waals surface area (Å²) >= 11 is 0. The minimum atomic E-state index is -0.753. The van der Waals surface area contributed by atoms with Crippen LogP contribution in [0.25, 0.3) is 27.6 Å². The van der Waals surface area contributed by atoms with Crippen molar-refractivity contribution in [3.8, 4) is 5.82 Å². The molecule has 0 bridgehead atoms. The Morgan fingerprint density at radius 3 is 1.61 bits per heavy atom.